The van der Waals surface area contributed by atoms with E-state index in [4.69, 9.17) is 27.9 Å². The molecule has 1 fully saturated rings. The minimum atomic E-state index is -0.568. The Balaban J connectivity index is 2.12. The van der Waals surface area contributed by atoms with E-state index < -0.39 is 5.56 Å². The molecule has 1 amide bonds. The number of halogens is 2. The molecule has 0 unspecified atom stereocenters. The van der Waals surface area contributed by atoms with Gasteiger partial charge in [-0.05, 0) is 13.8 Å². The fourth-order valence-corrected chi connectivity index (χ4v) is 2.44. The van der Waals surface area contributed by atoms with Gasteiger partial charge >= 0.3 is 0 Å². The summed E-state index contributed by atoms with van der Waals surface area (Å²) in [5, 5.41) is 3.77. The van der Waals surface area contributed by atoms with Crippen LogP contribution in [-0.2, 0) is 16.1 Å². The van der Waals surface area contributed by atoms with Gasteiger partial charge in [-0.25, -0.2) is 4.68 Å². The SMILES string of the molecule is C[C@H]1CN(C(=O)Cn2ncc(Cl)c(Cl)c2=O)C[C@H](C)O1. The standard InChI is InChI=1S/C12H15Cl2N3O3/c1-7-4-16(5-8(2)20-7)10(18)6-17-12(19)11(14)9(13)3-15-17/h3,7-8H,4-6H2,1-2H3/t7-,8-/m0/s1. The predicted molar refractivity (Wildman–Crippen MR) is 75.1 cm³/mol. The summed E-state index contributed by atoms with van der Waals surface area (Å²) in [6.07, 6.45) is 1.20. The molecule has 2 heterocycles. The van der Waals surface area contributed by atoms with Crippen LogP contribution in [0.1, 0.15) is 13.8 Å². The lowest BCUT2D eigenvalue weighted by Gasteiger charge is -2.35. The number of carbonyl (C=O) groups excluding carboxylic acids is 1. The molecule has 0 N–H and O–H groups in total. The maximum atomic E-state index is 12.2. The van der Waals surface area contributed by atoms with Crippen LogP contribution in [0, 0.1) is 0 Å². The molecule has 0 bridgehead atoms. The van der Waals surface area contributed by atoms with Crippen molar-refractivity contribution in [3.63, 3.8) is 0 Å². The zero-order valence-electron chi connectivity index (χ0n) is 11.2. The van der Waals surface area contributed by atoms with Gasteiger partial charge in [0, 0.05) is 13.1 Å². The van der Waals surface area contributed by atoms with Crippen LogP contribution in [0.25, 0.3) is 0 Å². The number of aromatic nitrogens is 2. The summed E-state index contributed by atoms with van der Waals surface area (Å²) in [5.41, 5.74) is -0.568. The largest absolute Gasteiger partial charge is 0.372 e. The number of carbonyl (C=O) groups is 1. The number of rotatable bonds is 2. The molecule has 1 saturated heterocycles. The van der Waals surface area contributed by atoms with Crippen molar-refractivity contribution in [2.75, 3.05) is 13.1 Å². The molecular formula is C12H15Cl2N3O3. The van der Waals surface area contributed by atoms with Gasteiger partial charge in [0.25, 0.3) is 5.56 Å². The van der Waals surface area contributed by atoms with Crippen LogP contribution in [0.2, 0.25) is 10.0 Å². The van der Waals surface area contributed by atoms with Crippen LogP contribution in [0.5, 0.6) is 0 Å². The third-order valence-corrected chi connectivity index (χ3v) is 3.75. The Morgan fingerprint density at radius 3 is 2.60 bits per heavy atom. The van der Waals surface area contributed by atoms with Crippen LogP contribution in [0.3, 0.4) is 0 Å². The first-order valence-corrected chi connectivity index (χ1v) is 6.98. The molecule has 1 aliphatic heterocycles. The molecule has 8 heteroatoms. The normalized spacial score (nSPS) is 22.9. The maximum Gasteiger partial charge on any atom is 0.287 e. The smallest absolute Gasteiger partial charge is 0.287 e. The Hall–Kier alpha value is -1.11. The summed E-state index contributed by atoms with van der Waals surface area (Å²) in [7, 11) is 0. The number of hydrogen-bond acceptors (Lipinski definition) is 4. The van der Waals surface area contributed by atoms with Crippen molar-refractivity contribution in [3.8, 4) is 0 Å². The predicted octanol–water partition coefficient (Wildman–Crippen LogP) is 1.19. The van der Waals surface area contributed by atoms with Crippen molar-refractivity contribution in [1.29, 1.82) is 0 Å². The molecule has 0 radical (unpaired) electrons. The molecule has 2 rings (SSSR count). The van der Waals surface area contributed by atoms with E-state index >= 15 is 0 Å². The Bertz CT molecular complexity index is 566. The third-order valence-electron chi connectivity index (χ3n) is 3.00. The van der Waals surface area contributed by atoms with Gasteiger partial charge in [0.15, 0.2) is 0 Å². The summed E-state index contributed by atoms with van der Waals surface area (Å²) in [6, 6.07) is 0. The highest BCUT2D eigenvalue weighted by atomic mass is 35.5. The number of hydrogen-bond donors (Lipinski definition) is 0. The van der Waals surface area contributed by atoms with E-state index in [9.17, 15) is 9.59 Å². The summed E-state index contributed by atoms with van der Waals surface area (Å²) in [4.78, 5) is 25.7. The van der Waals surface area contributed by atoms with Gasteiger partial charge in [-0.2, -0.15) is 5.10 Å². The molecule has 110 valence electrons. The van der Waals surface area contributed by atoms with Crippen molar-refractivity contribution in [3.05, 3.63) is 26.6 Å². The summed E-state index contributed by atoms with van der Waals surface area (Å²) < 4.78 is 6.57. The van der Waals surface area contributed by atoms with Crippen molar-refractivity contribution < 1.29 is 9.53 Å². The first kappa shape index (κ1) is 15.3. The van der Waals surface area contributed by atoms with Crippen LogP contribution in [-0.4, -0.2) is 45.9 Å². The molecule has 0 aliphatic carbocycles. The molecule has 0 spiro atoms. The van der Waals surface area contributed by atoms with Crippen LogP contribution in [0.4, 0.5) is 0 Å². The second kappa shape index (κ2) is 6.11. The quantitative estimate of drug-likeness (QED) is 0.821. The Morgan fingerprint density at radius 1 is 1.40 bits per heavy atom. The first-order valence-electron chi connectivity index (χ1n) is 6.23. The highest BCUT2D eigenvalue weighted by Gasteiger charge is 2.26. The zero-order valence-corrected chi connectivity index (χ0v) is 12.7. The van der Waals surface area contributed by atoms with Crippen molar-refractivity contribution >= 4 is 29.1 Å². The molecule has 1 aliphatic rings. The lowest BCUT2D eigenvalue weighted by atomic mass is 10.2. The van der Waals surface area contributed by atoms with E-state index in [1.54, 1.807) is 4.90 Å². The van der Waals surface area contributed by atoms with Gasteiger partial charge in [-0.3, -0.25) is 9.59 Å². The molecule has 20 heavy (non-hydrogen) atoms. The lowest BCUT2D eigenvalue weighted by Crippen LogP contribution is -2.49. The topological polar surface area (TPSA) is 64.4 Å². The third kappa shape index (κ3) is 3.31. The van der Waals surface area contributed by atoms with E-state index in [2.05, 4.69) is 5.10 Å². The zero-order chi connectivity index (χ0) is 14.9. The first-order chi connectivity index (χ1) is 9.38. The highest BCUT2D eigenvalue weighted by molar-refractivity contribution is 6.41. The Morgan fingerprint density at radius 2 is 2.00 bits per heavy atom. The molecule has 0 aromatic carbocycles. The minimum absolute atomic E-state index is 0.0267. The fourth-order valence-electron chi connectivity index (χ4n) is 2.17. The highest BCUT2D eigenvalue weighted by Crippen LogP contribution is 2.15. The molecule has 6 nitrogen and oxygen atoms in total. The van der Waals surface area contributed by atoms with E-state index in [1.165, 1.54) is 6.20 Å². The Labute approximate surface area is 126 Å². The van der Waals surface area contributed by atoms with Crippen LogP contribution >= 0.6 is 23.2 Å². The monoisotopic (exact) mass is 319 g/mol. The van der Waals surface area contributed by atoms with Crippen molar-refractivity contribution in [1.82, 2.24) is 14.7 Å². The van der Waals surface area contributed by atoms with Crippen LogP contribution < -0.4 is 5.56 Å². The van der Waals surface area contributed by atoms with Crippen LogP contribution in [0.15, 0.2) is 11.0 Å². The number of nitrogens with zero attached hydrogens (tertiary/aromatic N) is 3. The van der Waals surface area contributed by atoms with Gasteiger partial charge in [-0.1, -0.05) is 23.2 Å². The van der Waals surface area contributed by atoms with Gasteiger partial charge in [-0.15, -0.1) is 0 Å². The Kier molecular flexibility index (Phi) is 4.67. The molecular weight excluding hydrogens is 305 g/mol. The number of amides is 1. The van der Waals surface area contributed by atoms with E-state index in [1.807, 2.05) is 13.8 Å². The summed E-state index contributed by atoms with van der Waals surface area (Å²) in [6.45, 7) is 4.65. The van der Waals surface area contributed by atoms with E-state index in [0.29, 0.717) is 13.1 Å². The molecule has 2 atom stereocenters. The average molecular weight is 320 g/mol. The lowest BCUT2D eigenvalue weighted by molar-refractivity contribution is -0.144. The minimum Gasteiger partial charge on any atom is -0.372 e. The fraction of sp³-hybridized carbons (Fsp3) is 0.583. The van der Waals surface area contributed by atoms with Gasteiger partial charge in [0.2, 0.25) is 5.91 Å². The second-order valence-corrected chi connectivity index (χ2v) is 5.61. The van der Waals surface area contributed by atoms with E-state index in [-0.39, 0.29) is 34.7 Å². The van der Waals surface area contributed by atoms with Gasteiger partial charge in [0.05, 0.1) is 23.4 Å². The summed E-state index contributed by atoms with van der Waals surface area (Å²) in [5.74, 6) is -0.194. The van der Waals surface area contributed by atoms with Gasteiger partial charge < -0.3 is 9.64 Å². The van der Waals surface area contributed by atoms with Gasteiger partial charge in [0.1, 0.15) is 11.6 Å². The molecule has 1 aromatic rings. The number of ether oxygens (including phenoxy) is 1. The second-order valence-electron chi connectivity index (χ2n) is 4.83. The van der Waals surface area contributed by atoms with Crippen molar-refractivity contribution in [2.45, 2.75) is 32.6 Å². The van der Waals surface area contributed by atoms with E-state index in [0.717, 1.165) is 4.68 Å². The average Bonchev–Trinajstić information content (AvgIpc) is 2.38. The van der Waals surface area contributed by atoms with Crippen molar-refractivity contribution in [2.24, 2.45) is 0 Å². The summed E-state index contributed by atoms with van der Waals surface area (Å²) >= 11 is 11.4. The molecule has 1 aromatic heterocycles. The number of morpholine rings is 1. The maximum absolute atomic E-state index is 12.2. The molecule has 0 saturated carbocycles.